The minimum absolute atomic E-state index is 0.0494. The molecule has 1 fully saturated rings. The summed E-state index contributed by atoms with van der Waals surface area (Å²) in [5, 5.41) is 9.71. The molecule has 146 valence electrons. The first kappa shape index (κ1) is 20.0. The maximum atomic E-state index is 12.8. The molecule has 3 rings (SSSR count). The van der Waals surface area contributed by atoms with E-state index in [0.29, 0.717) is 21.6 Å². The maximum absolute atomic E-state index is 12.8. The minimum Gasteiger partial charge on any atom is -0.504 e. The first-order valence-corrected chi connectivity index (χ1v) is 9.63. The Morgan fingerprint density at radius 1 is 1.18 bits per heavy atom. The number of amides is 1. The molecule has 1 aliphatic rings. The fourth-order valence-electron chi connectivity index (χ4n) is 2.69. The van der Waals surface area contributed by atoms with Gasteiger partial charge in [-0.15, -0.1) is 0 Å². The molecule has 1 aliphatic heterocycles. The Bertz CT molecular complexity index is 928. The number of phenolic OH excluding ortho intramolecular Hbond substituents is 1. The highest BCUT2D eigenvalue weighted by Gasteiger charge is 2.32. The van der Waals surface area contributed by atoms with E-state index in [4.69, 9.17) is 21.7 Å². The van der Waals surface area contributed by atoms with Crippen molar-refractivity contribution in [2.75, 3.05) is 32.8 Å². The number of nitrogens with zero attached hydrogens (tertiary/aromatic N) is 2. The van der Waals surface area contributed by atoms with Crippen molar-refractivity contribution in [3.63, 3.8) is 0 Å². The maximum Gasteiger partial charge on any atom is 0.267 e. The van der Waals surface area contributed by atoms with Crippen LogP contribution in [0, 0.1) is 0 Å². The second-order valence-electron chi connectivity index (χ2n) is 6.08. The number of methoxy groups -OCH3 is 2. The molecule has 28 heavy (non-hydrogen) atoms. The smallest absolute Gasteiger partial charge is 0.267 e. The van der Waals surface area contributed by atoms with Crippen LogP contribution in [0.5, 0.6) is 17.2 Å². The van der Waals surface area contributed by atoms with Crippen LogP contribution < -0.4 is 14.4 Å². The molecule has 0 radical (unpaired) electrons. The van der Waals surface area contributed by atoms with E-state index in [2.05, 4.69) is 0 Å². The molecule has 1 heterocycles. The van der Waals surface area contributed by atoms with E-state index in [9.17, 15) is 9.90 Å². The second-order valence-corrected chi connectivity index (χ2v) is 7.75. The van der Waals surface area contributed by atoms with Crippen molar-refractivity contribution < 1.29 is 19.4 Å². The van der Waals surface area contributed by atoms with E-state index >= 15 is 0 Å². The van der Waals surface area contributed by atoms with Crippen molar-refractivity contribution in [3.8, 4) is 17.2 Å². The van der Waals surface area contributed by atoms with E-state index in [1.807, 2.05) is 36.2 Å². The molecular weight excluding hydrogens is 396 g/mol. The van der Waals surface area contributed by atoms with Gasteiger partial charge in [-0.25, -0.2) is 0 Å². The van der Waals surface area contributed by atoms with Gasteiger partial charge in [0, 0.05) is 12.7 Å². The lowest BCUT2D eigenvalue weighted by atomic mass is 10.2. The lowest BCUT2D eigenvalue weighted by Gasteiger charge is -2.25. The van der Waals surface area contributed by atoms with E-state index in [1.165, 1.54) is 24.9 Å². The Labute approximate surface area is 173 Å². The van der Waals surface area contributed by atoms with Gasteiger partial charge < -0.3 is 19.5 Å². The average molecular weight is 417 g/mol. The van der Waals surface area contributed by atoms with E-state index < -0.39 is 0 Å². The summed E-state index contributed by atoms with van der Waals surface area (Å²) in [4.78, 5) is 16.9. The predicted molar refractivity (Wildman–Crippen MR) is 116 cm³/mol. The largest absolute Gasteiger partial charge is 0.504 e. The number of carbonyl (C=O) groups excluding carboxylic acids is 1. The summed E-state index contributed by atoms with van der Waals surface area (Å²) in [5.41, 5.74) is 1.70. The van der Waals surface area contributed by atoms with Crippen LogP contribution in [-0.4, -0.2) is 48.2 Å². The van der Waals surface area contributed by atoms with Crippen LogP contribution in [0.4, 0.5) is 5.69 Å². The van der Waals surface area contributed by atoms with Crippen LogP contribution in [0.3, 0.4) is 0 Å². The number of benzene rings is 2. The number of hydrogen-bond donors (Lipinski definition) is 1. The Kier molecular flexibility index (Phi) is 6.11. The number of carbonyl (C=O) groups is 1. The molecule has 0 spiro atoms. The van der Waals surface area contributed by atoms with Crippen molar-refractivity contribution >= 4 is 46.0 Å². The lowest BCUT2D eigenvalue weighted by molar-refractivity contribution is -0.122. The van der Waals surface area contributed by atoms with Gasteiger partial charge in [0.25, 0.3) is 5.91 Å². The third-order valence-corrected chi connectivity index (χ3v) is 5.62. The normalized spacial score (nSPS) is 15.2. The van der Waals surface area contributed by atoms with Gasteiger partial charge in [0.1, 0.15) is 10.1 Å². The minimum atomic E-state index is -0.151. The lowest BCUT2D eigenvalue weighted by Crippen LogP contribution is -2.38. The summed E-state index contributed by atoms with van der Waals surface area (Å²) in [5.74, 6) is 1.02. The highest BCUT2D eigenvalue weighted by Crippen LogP contribution is 2.34. The number of hydrogen-bond acceptors (Lipinski definition) is 7. The van der Waals surface area contributed by atoms with Crippen molar-refractivity contribution in [2.24, 2.45) is 0 Å². The van der Waals surface area contributed by atoms with Crippen LogP contribution in [0.25, 0.3) is 6.08 Å². The molecule has 0 bridgehead atoms. The molecule has 1 N–H and O–H groups in total. The zero-order chi connectivity index (χ0) is 20.3. The number of phenols is 1. The molecule has 2 aromatic rings. The quantitative estimate of drug-likeness (QED) is 0.569. The molecule has 2 aromatic carbocycles. The first-order valence-electron chi connectivity index (χ1n) is 8.40. The Balaban J connectivity index is 1.75. The van der Waals surface area contributed by atoms with Gasteiger partial charge in [-0.1, -0.05) is 30.0 Å². The highest BCUT2D eigenvalue weighted by molar-refractivity contribution is 8.26. The van der Waals surface area contributed by atoms with Crippen LogP contribution in [0.1, 0.15) is 5.56 Å². The summed E-state index contributed by atoms with van der Waals surface area (Å²) in [6, 6.07) is 12.5. The monoisotopic (exact) mass is 416 g/mol. The number of aromatic hydroxyl groups is 1. The summed E-state index contributed by atoms with van der Waals surface area (Å²) >= 11 is 6.66. The van der Waals surface area contributed by atoms with Gasteiger partial charge in [0.05, 0.1) is 25.8 Å². The third-order valence-electron chi connectivity index (χ3n) is 4.24. The molecule has 8 heteroatoms. The standard InChI is InChI=1S/C20H20N2O4S2/c1-21(14-5-7-15(25-2)8-6-14)12-22-19(24)18(28-20(22)27)11-13-4-9-16(23)17(10-13)26-3/h4-11,23H,12H2,1-3H3/b18-11+. The van der Waals surface area contributed by atoms with Gasteiger partial charge in [0.15, 0.2) is 11.5 Å². The van der Waals surface area contributed by atoms with E-state index in [1.54, 1.807) is 30.2 Å². The van der Waals surface area contributed by atoms with Crippen LogP contribution in [-0.2, 0) is 4.79 Å². The predicted octanol–water partition coefficient (Wildman–Crippen LogP) is 3.70. The van der Waals surface area contributed by atoms with Crippen LogP contribution in [0.15, 0.2) is 47.4 Å². The number of thioether (sulfide) groups is 1. The molecule has 1 amide bonds. The molecule has 0 aliphatic carbocycles. The Morgan fingerprint density at radius 3 is 2.54 bits per heavy atom. The molecule has 1 saturated heterocycles. The van der Waals surface area contributed by atoms with Crippen molar-refractivity contribution in [1.82, 2.24) is 4.90 Å². The van der Waals surface area contributed by atoms with E-state index in [0.717, 1.165) is 17.0 Å². The second kappa shape index (κ2) is 8.53. The third kappa shape index (κ3) is 4.23. The summed E-state index contributed by atoms with van der Waals surface area (Å²) in [7, 11) is 5.00. The molecule has 0 aromatic heterocycles. The van der Waals surface area contributed by atoms with Gasteiger partial charge in [0.2, 0.25) is 0 Å². The SMILES string of the molecule is COc1ccc(N(C)CN2C(=O)/C(=C\c3ccc(O)c(OC)c3)SC2=S)cc1. The molecule has 0 unspecified atom stereocenters. The Morgan fingerprint density at radius 2 is 1.89 bits per heavy atom. The van der Waals surface area contributed by atoms with Crippen LogP contribution in [0.2, 0.25) is 0 Å². The number of rotatable bonds is 6. The van der Waals surface area contributed by atoms with Crippen LogP contribution >= 0.6 is 24.0 Å². The summed E-state index contributed by atoms with van der Waals surface area (Å²) in [6.45, 7) is 0.341. The summed E-state index contributed by atoms with van der Waals surface area (Å²) in [6.07, 6.45) is 1.74. The highest BCUT2D eigenvalue weighted by atomic mass is 32.2. The molecule has 0 atom stereocenters. The number of ether oxygens (including phenoxy) is 2. The van der Waals surface area contributed by atoms with Gasteiger partial charge >= 0.3 is 0 Å². The van der Waals surface area contributed by atoms with Crippen molar-refractivity contribution in [3.05, 3.63) is 52.9 Å². The van der Waals surface area contributed by atoms with Gasteiger partial charge in [-0.3, -0.25) is 9.69 Å². The topological polar surface area (TPSA) is 62.2 Å². The van der Waals surface area contributed by atoms with Gasteiger partial charge in [-0.2, -0.15) is 0 Å². The van der Waals surface area contributed by atoms with Gasteiger partial charge in [-0.05, 0) is 48.0 Å². The zero-order valence-electron chi connectivity index (χ0n) is 15.7. The average Bonchev–Trinajstić information content (AvgIpc) is 2.96. The fraction of sp³-hybridized carbons (Fsp3) is 0.200. The summed E-state index contributed by atoms with van der Waals surface area (Å²) < 4.78 is 10.8. The molecule has 6 nitrogen and oxygen atoms in total. The number of thiocarbonyl (C=S) groups is 1. The van der Waals surface area contributed by atoms with Crippen molar-refractivity contribution in [1.29, 1.82) is 0 Å². The zero-order valence-corrected chi connectivity index (χ0v) is 17.3. The molecular formula is C20H20N2O4S2. The van der Waals surface area contributed by atoms with Crippen molar-refractivity contribution in [2.45, 2.75) is 0 Å². The first-order chi connectivity index (χ1) is 13.4. The molecule has 0 saturated carbocycles. The Hall–Kier alpha value is -2.71. The number of anilines is 1. The fourth-order valence-corrected chi connectivity index (χ4v) is 3.93. The van der Waals surface area contributed by atoms with E-state index in [-0.39, 0.29) is 11.7 Å².